The molecule has 0 aliphatic carbocycles. The van der Waals surface area contributed by atoms with E-state index in [1.54, 1.807) is 50.6 Å². The first-order valence-corrected chi connectivity index (χ1v) is 11.5. The third-order valence-corrected chi connectivity index (χ3v) is 5.86. The highest BCUT2D eigenvalue weighted by atomic mass is 16.5. The molecule has 0 saturated carbocycles. The molecule has 0 aromatic heterocycles. The molecule has 1 aliphatic rings. The normalized spacial score (nSPS) is 12.6. The van der Waals surface area contributed by atoms with E-state index in [0.29, 0.717) is 29.4 Å². The van der Waals surface area contributed by atoms with Gasteiger partial charge in [-0.2, -0.15) is 0 Å². The van der Waals surface area contributed by atoms with Crippen molar-refractivity contribution < 1.29 is 23.9 Å². The fourth-order valence-electron chi connectivity index (χ4n) is 3.98. The third-order valence-electron chi connectivity index (χ3n) is 5.86. The minimum absolute atomic E-state index is 0.169. The van der Waals surface area contributed by atoms with Gasteiger partial charge in [-0.25, -0.2) is 4.79 Å². The number of nitrogens with zero attached hydrogens (tertiary/aromatic N) is 2. The molecule has 0 radical (unpaired) electrons. The fourth-order valence-corrected chi connectivity index (χ4v) is 3.98. The Morgan fingerprint density at radius 1 is 0.861 bits per heavy atom. The Bertz CT molecular complexity index is 1250. The molecule has 0 fully saturated rings. The van der Waals surface area contributed by atoms with Gasteiger partial charge in [0.05, 0.1) is 25.6 Å². The SMILES string of the molecule is COc1ccc(CNC(=O)CN2C(=O)CN(C(=O)NCc3ccccc3)c3ccccc32)c(OC)c1. The molecule has 0 bridgehead atoms. The van der Waals surface area contributed by atoms with Crippen LogP contribution in [0.25, 0.3) is 0 Å². The molecular formula is C27H28N4O5. The largest absolute Gasteiger partial charge is 0.497 e. The summed E-state index contributed by atoms with van der Waals surface area (Å²) in [6, 6.07) is 21.5. The van der Waals surface area contributed by atoms with Gasteiger partial charge in [-0.1, -0.05) is 42.5 Å². The zero-order valence-corrected chi connectivity index (χ0v) is 20.2. The van der Waals surface area contributed by atoms with Gasteiger partial charge in [0, 0.05) is 24.7 Å². The monoisotopic (exact) mass is 488 g/mol. The quantitative estimate of drug-likeness (QED) is 0.508. The molecule has 0 saturated heterocycles. The van der Waals surface area contributed by atoms with Crippen LogP contribution in [0.15, 0.2) is 72.8 Å². The number of carbonyl (C=O) groups is 3. The minimum Gasteiger partial charge on any atom is -0.497 e. The molecular weight excluding hydrogens is 460 g/mol. The van der Waals surface area contributed by atoms with Crippen molar-refractivity contribution in [1.29, 1.82) is 0 Å². The van der Waals surface area contributed by atoms with E-state index in [2.05, 4.69) is 10.6 Å². The topological polar surface area (TPSA) is 100 Å². The summed E-state index contributed by atoms with van der Waals surface area (Å²) >= 11 is 0. The number of hydrogen-bond donors (Lipinski definition) is 2. The molecule has 4 amide bonds. The molecule has 36 heavy (non-hydrogen) atoms. The summed E-state index contributed by atoms with van der Waals surface area (Å²) in [6.45, 7) is 0.224. The number of anilines is 2. The van der Waals surface area contributed by atoms with Crippen LogP contribution >= 0.6 is 0 Å². The summed E-state index contributed by atoms with van der Waals surface area (Å²) in [5.41, 5.74) is 2.79. The van der Waals surface area contributed by atoms with E-state index in [0.717, 1.165) is 11.1 Å². The van der Waals surface area contributed by atoms with Gasteiger partial charge in [0.25, 0.3) is 0 Å². The summed E-state index contributed by atoms with van der Waals surface area (Å²) < 4.78 is 10.6. The summed E-state index contributed by atoms with van der Waals surface area (Å²) in [4.78, 5) is 41.5. The molecule has 1 aliphatic heterocycles. The number of ether oxygens (including phenoxy) is 2. The lowest BCUT2D eigenvalue weighted by Crippen LogP contribution is -2.53. The Balaban J connectivity index is 1.43. The predicted octanol–water partition coefficient (Wildman–Crippen LogP) is 3.08. The highest BCUT2D eigenvalue weighted by Gasteiger charge is 2.33. The van der Waals surface area contributed by atoms with Crippen molar-refractivity contribution in [3.05, 3.63) is 83.9 Å². The average molecular weight is 489 g/mol. The number of methoxy groups -OCH3 is 2. The molecule has 186 valence electrons. The molecule has 2 N–H and O–H groups in total. The molecule has 0 atom stereocenters. The Morgan fingerprint density at radius 2 is 1.58 bits per heavy atom. The molecule has 9 nitrogen and oxygen atoms in total. The average Bonchev–Trinajstić information content (AvgIpc) is 2.92. The maximum atomic E-state index is 13.0. The summed E-state index contributed by atoms with van der Waals surface area (Å²) in [5.74, 6) is 0.555. The Morgan fingerprint density at radius 3 is 2.31 bits per heavy atom. The van der Waals surface area contributed by atoms with E-state index >= 15 is 0 Å². The van der Waals surface area contributed by atoms with Crippen molar-refractivity contribution in [3.63, 3.8) is 0 Å². The van der Waals surface area contributed by atoms with E-state index in [1.807, 2.05) is 36.4 Å². The van der Waals surface area contributed by atoms with Gasteiger partial charge in [-0.3, -0.25) is 19.4 Å². The van der Waals surface area contributed by atoms with Crippen LogP contribution in [0, 0.1) is 0 Å². The van der Waals surface area contributed by atoms with Gasteiger partial charge < -0.3 is 20.1 Å². The Kier molecular flexibility index (Phi) is 7.69. The summed E-state index contributed by atoms with van der Waals surface area (Å²) in [7, 11) is 3.11. The van der Waals surface area contributed by atoms with Crippen molar-refractivity contribution in [2.45, 2.75) is 13.1 Å². The van der Waals surface area contributed by atoms with Gasteiger partial charge in [-0.15, -0.1) is 0 Å². The van der Waals surface area contributed by atoms with Crippen LogP contribution in [0.5, 0.6) is 11.5 Å². The van der Waals surface area contributed by atoms with Crippen molar-refractivity contribution >= 4 is 29.2 Å². The number of benzene rings is 3. The lowest BCUT2D eigenvalue weighted by atomic mass is 10.1. The van der Waals surface area contributed by atoms with Crippen molar-refractivity contribution in [1.82, 2.24) is 10.6 Å². The maximum Gasteiger partial charge on any atom is 0.322 e. The van der Waals surface area contributed by atoms with E-state index in [1.165, 1.54) is 9.80 Å². The van der Waals surface area contributed by atoms with Crippen LogP contribution in [0.4, 0.5) is 16.2 Å². The zero-order valence-electron chi connectivity index (χ0n) is 20.2. The first-order chi connectivity index (χ1) is 17.5. The number of carbonyl (C=O) groups excluding carboxylic acids is 3. The molecule has 4 rings (SSSR count). The highest BCUT2D eigenvalue weighted by molar-refractivity contribution is 6.12. The first-order valence-electron chi connectivity index (χ1n) is 11.5. The number of para-hydroxylation sites is 2. The second-order valence-corrected chi connectivity index (χ2v) is 8.15. The molecule has 0 unspecified atom stereocenters. The van der Waals surface area contributed by atoms with Crippen molar-refractivity contribution in [2.24, 2.45) is 0 Å². The van der Waals surface area contributed by atoms with Gasteiger partial charge in [-0.05, 0) is 29.8 Å². The van der Waals surface area contributed by atoms with Crippen molar-refractivity contribution in [2.75, 3.05) is 37.1 Å². The molecule has 1 heterocycles. The Hall–Kier alpha value is -4.53. The second-order valence-electron chi connectivity index (χ2n) is 8.15. The fraction of sp³-hybridized carbons (Fsp3) is 0.222. The molecule has 3 aromatic carbocycles. The highest BCUT2D eigenvalue weighted by Crippen LogP contribution is 2.33. The molecule has 0 spiro atoms. The zero-order chi connectivity index (χ0) is 25.5. The van der Waals surface area contributed by atoms with Crippen LogP contribution in [0.1, 0.15) is 11.1 Å². The van der Waals surface area contributed by atoms with Gasteiger partial charge >= 0.3 is 6.03 Å². The lowest BCUT2D eigenvalue weighted by Gasteiger charge is -2.35. The van der Waals surface area contributed by atoms with Gasteiger partial charge in [0.2, 0.25) is 11.8 Å². The standard InChI is InChI=1S/C27H28N4O5/c1-35-21-13-12-20(24(14-21)36-2)16-28-25(32)17-30-22-10-6-7-11-23(22)31(18-26(30)33)27(34)29-15-19-8-4-3-5-9-19/h3-14H,15-18H2,1-2H3,(H,28,32)(H,29,34). The number of fused-ring (bicyclic) bond motifs is 1. The van der Waals surface area contributed by atoms with Gasteiger partial charge in [0.15, 0.2) is 0 Å². The number of nitrogens with one attached hydrogen (secondary N) is 2. The van der Waals surface area contributed by atoms with Gasteiger partial charge in [0.1, 0.15) is 24.6 Å². The number of amides is 4. The van der Waals surface area contributed by atoms with Crippen LogP contribution in [-0.2, 0) is 22.7 Å². The van der Waals surface area contributed by atoms with E-state index < -0.39 is 0 Å². The van der Waals surface area contributed by atoms with E-state index in [-0.39, 0.29) is 37.5 Å². The minimum atomic E-state index is -0.379. The smallest absolute Gasteiger partial charge is 0.322 e. The maximum absolute atomic E-state index is 13.0. The van der Waals surface area contributed by atoms with Crippen LogP contribution < -0.4 is 29.9 Å². The summed E-state index contributed by atoms with van der Waals surface area (Å²) in [5, 5.41) is 5.70. The Labute approximate surface area is 209 Å². The number of rotatable bonds is 8. The molecule has 9 heteroatoms. The van der Waals surface area contributed by atoms with Crippen LogP contribution in [-0.4, -0.2) is 45.2 Å². The lowest BCUT2D eigenvalue weighted by molar-refractivity contribution is -0.123. The van der Waals surface area contributed by atoms with Crippen molar-refractivity contribution in [3.8, 4) is 11.5 Å². The number of urea groups is 1. The van der Waals surface area contributed by atoms with E-state index in [9.17, 15) is 14.4 Å². The third kappa shape index (κ3) is 5.57. The molecule has 3 aromatic rings. The van der Waals surface area contributed by atoms with E-state index in [4.69, 9.17) is 9.47 Å². The van der Waals surface area contributed by atoms with Crippen LogP contribution in [0.3, 0.4) is 0 Å². The first kappa shape index (κ1) is 24.6. The van der Waals surface area contributed by atoms with Crippen LogP contribution in [0.2, 0.25) is 0 Å². The summed E-state index contributed by atoms with van der Waals surface area (Å²) in [6.07, 6.45) is 0. The second kappa shape index (κ2) is 11.3. The number of hydrogen-bond acceptors (Lipinski definition) is 5. The predicted molar refractivity (Wildman–Crippen MR) is 136 cm³/mol.